The van der Waals surface area contributed by atoms with Crippen LogP contribution < -0.4 is 11.5 Å². The van der Waals surface area contributed by atoms with Crippen molar-refractivity contribution in [1.82, 2.24) is 15.0 Å². The first-order chi connectivity index (χ1) is 11.5. The van der Waals surface area contributed by atoms with E-state index in [1.165, 1.54) is 6.33 Å². The smallest absolute Gasteiger partial charge is 0.250 e. The zero-order valence-corrected chi connectivity index (χ0v) is 13.8. The second-order valence-electron chi connectivity index (χ2n) is 5.32. The van der Waals surface area contributed by atoms with E-state index in [0.717, 1.165) is 17.5 Å². The van der Waals surface area contributed by atoms with Crippen LogP contribution in [0.5, 0.6) is 0 Å². The summed E-state index contributed by atoms with van der Waals surface area (Å²) in [6.45, 7) is 2.03. The summed E-state index contributed by atoms with van der Waals surface area (Å²) in [5.41, 5.74) is 15.4. The fraction of sp³-hybridized carbons (Fsp3) is 0.118. The molecule has 0 atom stereocenters. The number of halogens is 1. The summed E-state index contributed by atoms with van der Waals surface area (Å²) < 4.78 is 0. The minimum Gasteiger partial charge on any atom is -0.384 e. The summed E-state index contributed by atoms with van der Waals surface area (Å²) in [5, 5.41) is 0.583. The van der Waals surface area contributed by atoms with Gasteiger partial charge in [-0.1, -0.05) is 24.6 Å². The van der Waals surface area contributed by atoms with Crippen molar-refractivity contribution in [3.05, 3.63) is 52.8 Å². The van der Waals surface area contributed by atoms with Crippen molar-refractivity contribution in [2.75, 3.05) is 5.73 Å². The number of aromatic amines is 1. The normalized spacial score (nSPS) is 10.8. The van der Waals surface area contributed by atoms with Crippen LogP contribution in [0.15, 0.2) is 36.7 Å². The van der Waals surface area contributed by atoms with Gasteiger partial charge in [0.1, 0.15) is 12.1 Å². The molecule has 0 spiro atoms. The number of aromatic nitrogens is 3. The molecule has 0 saturated carbocycles. The Bertz CT molecular complexity index is 919. The average Bonchev–Trinajstić information content (AvgIpc) is 3.00. The Kier molecular flexibility index (Phi) is 4.22. The summed E-state index contributed by atoms with van der Waals surface area (Å²) >= 11 is 6.13. The van der Waals surface area contributed by atoms with Gasteiger partial charge in [-0.05, 0) is 30.2 Å². The van der Waals surface area contributed by atoms with Crippen molar-refractivity contribution in [3.63, 3.8) is 0 Å². The molecule has 3 aromatic rings. The lowest BCUT2D eigenvalue weighted by atomic mass is 10.00. The highest BCUT2D eigenvalue weighted by Crippen LogP contribution is 2.32. The van der Waals surface area contributed by atoms with E-state index < -0.39 is 5.91 Å². The lowest BCUT2D eigenvalue weighted by molar-refractivity contribution is 0.100. The number of nitrogens with zero attached hydrogens (tertiary/aromatic N) is 2. The second kappa shape index (κ2) is 6.33. The molecule has 0 aliphatic heterocycles. The molecule has 7 heteroatoms. The van der Waals surface area contributed by atoms with Crippen molar-refractivity contribution in [2.24, 2.45) is 5.73 Å². The lowest BCUT2D eigenvalue weighted by Gasteiger charge is -2.08. The molecule has 3 rings (SSSR count). The van der Waals surface area contributed by atoms with Crippen molar-refractivity contribution in [1.29, 1.82) is 0 Å². The van der Waals surface area contributed by atoms with Gasteiger partial charge in [0.15, 0.2) is 0 Å². The number of anilines is 1. The van der Waals surface area contributed by atoms with E-state index in [1.807, 2.05) is 25.1 Å². The fourth-order valence-electron chi connectivity index (χ4n) is 2.61. The van der Waals surface area contributed by atoms with Gasteiger partial charge < -0.3 is 16.5 Å². The number of nitrogen functional groups attached to an aromatic ring is 1. The number of benzene rings is 1. The predicted octanol–water partition coefficient (Wildman–Crippen LogP) is 3.04. The van der Waals surface area contributed by atoms with Crippen LogP contribution in [0.4, 0.5) is 5.82 Å². The van der Waals surface area contributed by atoms with Gasteiger partial charge in [-0.15, -0.1) is 0 Å². The van der Waals surface area contributed by atoms with Gasteiger partial charge in [-0.25, -0.2) is 9.97 Å². The number of H-pyrrole nitrogens is 1. The van der Waals surface area contributed by atoms with Crippen molar-refractivity contribution in [2.45, 2.75) is 13.3 Å². The van der Waals surface area contributed by atoms with Gasteiger partial charge in [0.25, 0.3) is 5.91 Å². The first-order valence-corrected chi connectivity index (χ1v) is 7.77. The van der Waals surface area contributed by atoms with Gasteiger partial charge in [0, 0.05) is 16.7 Å². The monoisotopic (exact) mass is 341 g/mol. The Morgan fingerprint density at radius 2 is 2.04 bits per heavy atom. The van der Waals surface area contributed by atoms with Crippen molar-refractivity contribution < 1.29 is 4.79 Å². The van der Waals surface area contributed by atoms with Crippen LogP contribution in [0.1, 0.15) is 22.8 Å². The number of hydrogen-bond donors (Lipinski definition) is 3. The molecule has 1 amide bonds. The summed E-state index contributed by atoms with van der Waals surface area (Å²) in [6, 6.07) is 8.87. The molecule has 0 radical (unpaired) electrons. The van der Waals surface area contributed by atoms with E-state index in [-0.39, 0.29) is 0 Å². The van der Waals surface area contributed by atoms with Crippen LogP contribution in [-0.4, -0.2) is 20.9 Å². The molecule has 24 heavy (non-hydrogen) atoms. The molecule has 0 aliphatic rings. The Morgan fingerprint density at radius 1 is 1.25 bits per heavy atom. The van der Waals surface area contributed by atoms with Crippen molar-refractivity contribution >= 4 is 23.3 Å². The largest absolute Gasteiger partial charge is 0.384 e. The Balaban J connectivity index is 2.22. The molecular formula is C17H16ClN5O. The number of primary amides is 1. The number of hydrogen-bond acceptors (Lipinski definition) is 4. The molecular weight excluding hydrogens is 326 g/mol. The van der Waals surface area contributed by atoms with E-state index in [4.69, 9.17) is 23.1 Å². The molecule has 0 unspecified atom stereocenters. The van der Waals surface area contributed by atoms with Crippen LogP contribution in [0.25, 0.3) is 22.6 Å². The molecule has 5 N–H and O–H groups in total. The number of amides is 1. The van der Waals surface area contributed by atoms with Crippen LogP contribution in [0.2, 0.25) is 5.02 Å². The maximum absolute atomic E-state index is 11.9. The number of nitrogens with two attached hydrogens (primary N) is 2. The van der Waals surface area contributed by atoms with E-state index in [1.54, 1.807) is 12.1 Å². The number of carbonyl (C=O) groups is 1. The number of aryl methyl sites for hydroxylation is 1. The van der Waals surface area contributed by atoms with E-state index in [0.29, 0.717) is 33.5 Å². The first kappa shape index (κ1) is 16.0. The maximum atomic E-state index is 11.9. The quantitative estimate of drug-likeness (QED) is 0.677. The third-order valence-corrected chi connectivity index (χ3v) is 4.00. The van der Waals surface area contributed by atoms with Gasteiger partial charge in [-0.3, -0.25) is 4.79 Å². The summed E-state index contributed by atoms with van der Waals surface area (Å²) in [4.78, 5) is 23.2. The summed E-state index contributed by atoms with van der Waals surface area (Å²) in [7, 11) is 0. The highest BCUT2D eigenvalue weighted by Gasteiger charge is 2.18. The molecule has 0 saturated heterocycles. The van der Waals surface area contributed by atoms with Gasteiger partial charge in [-0.2, -0.15) is 0 Å². The zero-order valence-electron chi connectivity index (χ0n) is 13.0. The predicted molar refractivity (Wildman–Crippen MR) is 94.6 cm³/mol. The second-order valence-corrected chi connectivity index (χ2v) is 5.76. The lowest BCUT2D eigenvalue weighted by Crippen LogP contribution is -2.11. The number of carbonyl (C=O) groups excluding carboxylic acids is 1. The SMILES string of the molecule is CCc1ccc(Cl)cc1-c1[nH]c(-c2cc(N)ncn2)cc1C(N)=O. The molecule has 2 aromatic heterocycles. The van der Waals surface area contributed by atoms with Crippen LogP contribution >= 0.6 is 11.6 Å². The van der Waals surface area contributed by atoms with Crippen LogP contribution in [0.3, 0.4) is 0 Å². The fourth-order valence-corrected chi connectivity index (χ4v) is 2.78. The molecule has 0 fully saturated rings. The minimum absolute atomic E-state index is 0.341. The molecule has 1 aromatic carbocycles. The molecule has 122 valence electrons. The zero-order chi connectivity index (χ0) is 17.3. The van der Waals surface area contributed by atoms with E-state index in [9.17, 15) is 4.79 Å². The van der Waals surface area contributed by atoms with Gasteiger partial charge in [0.05, 0.1) is 22.6 Å². The Hall–Kier alpha value is -2.86. The topological polar surface area (TPSA) is 111 Å². The van der Waals surface area contributed by atoms with E-state index in [2.05, 4.69) is 15.0 Å². The summed E-state index contributed by atoms with van der Waals surface area (Å²) in [6.07, 6.45) is 2.16. The molecule has 6 nitrogen and oxygen atoms in total. The van der Waals surface area contributed by atoms with E-state index >= 15 is 0 Å². The maximum Gasteiger partial charge on any atom is 0.250 e. The third kappa shape index (κ3) is 2.96. The minimum atomic E-state index is -0.531. The van der Waals surface area contributed by atoms with Crippen molar-refractivity contribution in [3.8, 4) is 22.6 Å². The summed E-state index contributed by atoms with van der Waals surface area (Å²) in [5.74, 6) is -0.190. The van der Waals surface area contributed by atoms with Crippen LogP contribution in [0, 0.1) is 0 Å². The third-order valence-electron chi connectivity index (χ3n) is 3.77. The first-order valence-electron chi connectivity index (χ1n) is 7.39. The molecule has 2 heterocycles. The highest BCUT2D eigenvalue weighted by molar-refractivity contribution is 6.31. The standard InChI is InChI=1S/C17H16ClN5O/c1-2-9-3-4-10(18)5-11(9)16-12(17(20)24)6-14(23-16)13-7-15(19)22-8-21-13/h3-8,23H,2H2,1H3,(H2,20,24)(H2,19,21,22). The van der Waals surface area contributed by atoms with Gasteiger partial charge >= 0.3 is 0 Å². The molecule has 0 bridgehead atoms. The number of rotatable bonds is 4. The Labute approximate surface area is 143 Å². The Morgan fingerprint density at radius 3 is 2.71 bits per heavy atom. The van der Waals surface area contributed by atoms with Crippen LogP contribution in [-0.2, 0) is 6.42 Å². The number of nitrogens with one attached hydrogen (secondary N) is 1. The highest BCUT2D eigenvalue weighted by atomic mass is 35.5. The van der Waals surface area contributed by atoms with Gasteiger partial charge in [0.2, 0.25) is 0 Å². The average molecular weight is 342 g/mol. The molecule has 0 aliphatic carbocycles.